The number of benzene rings is 1. The Hall–Kier alpha value is -2.93. The zero-order valence-corrected chi connectivity index (χ0v) is 19.3. The first-order chi connectivity index (χ1) is 15.5. The highest BCUT2D eigenvalue weighted by atomic mass is 35.5. The van der Waals surface area contributed by atoms with Gasteiger partial charge in [0.2, 0.25) is 11.9 Å². The molecule has 1 unspecified atom stereocenters. The number of halogens is 1. The van der Waals surface area contributed by atoms with Gasteiger partial charge in [0.05, 0.1) is 0 Å². The van der Waals surface area contributed by atoms with Gasteiger partial charge in [0.25, 0.3) is 0 Å². The summed E-state index contributed by atoms with van der Waals surface area (Å²) in [6, 6.07) is 7.67. The summed E-state index contributed by atoms with van der Waals surface area (Å²) in [4.78, 5) is 28.9. The van der Waals surface area contributed by atoms with Crippen LogP contribution in [0, 0.1) is 6.92 Å². The fourth-order valence-electron chi connectivity index (χ4n) is 4.29. The number of carbonyl (C=O) groups is 1. The third kappa shape index (κ3) is 5.10. The van der Waals surface area contributed by atoms with E-state index >= 15 is 0 Å². The lowest BCUT2D eigenvalue weighted by Gasteiger charge is -2.37. The van der Waals surface area contributed by atoms with Crippen molar-refractivity contribution in [3.63, 3.8) is 0 Å². The van der Waals surface area contributed by atoms with Crippen molar-refractivity contribution in [2.75, 3.05) is 11.4 Å². The summed E-state index contributed by atoms with van der Waals surface area (Å²) >= 11 is 5.95. The summed E-state index contributed by atoms with van der Waals surface area (Å²) in [5, 5.41) is 3.75. The highest BCUT2D eigenvalue weighted by Gasteiger charge is 2.28. The number of imidazole rings is 1. The number of nitrogens with one attached hydrogen (secondary N) is 1. The molecule has 8 heteroatoms. The van der Waals surface area contributed by atoms with E-state index in [9.17, 15) is 4.79 Å². The van der Waals surface area contributed by atoms with Crippen molar-refractivity contribution >= 4 is 23.3 Å². The molecule has 0 radical (unpaired) electrons. The summed E-state index contributed by atoms with van der Waals surface area (Å²) in [6.45, 7) is 5.55. The second kappa shape index (κ2) is 10.1. The van der Waals surface area contributed by atoms with Crippen molar-refractivity contribution < 1.29 is 4.79 Å². The maximum Gasteiger partial charge on any atom is 0.237 e. The molecule has 1 saturated heterocycles. The predicted octanol–water partition coefficient (Wildman–Crippen LogP) is 4.25. The Kier molecular flexibility index (Phi) is 7.05. The molecule has 7 nitrogen and oxygen atoms in total. The number of amides is 1. The quantitative estimate of drug-likeness (QED) is 0.579. The number of aryl methyl sites for hydroxylation is 1. The molecule has 1 amide bonds. The second-order valence-corrected chi connectivity index (χ2v) is 8.62. The van der Waals surface area contributed by atoms with E-state index < -0.39 is 0 Å². The van der Waals surface area contributed by atoms with Crippen LogP contribution in [0.25, 0.3) is 5.95 Å². The third-order valence-electron chi connectivity index (χ3n) is 5.99. The molecule has 2 aromatic heterocycles. The molecule has 0 saturated carbocycles. The van der Waals surface area contributed by atoms with Crippen molar-refractivity contribution in [3.8, 4) is 5.95 Å². The Balaban J connectivity index is 1.52. The lowest BCUT2D eigenvalue weighted by atomic mass is 9.97. The summed E-state index contributed by atoms with van der Waals surface area (Å²) in [5.74, 6) is 1.61. The van der Waals surface area contributed by atoms with Crippen molar-refractivity contribution in [2.45, 2.75) is 58.5 Å². The fraction of sp³-hybridized carbons (Fsp3) is 0.417. The molecule has 1 aliphatic rings. The highest BCUT2D eigenvalue weighted by molar-refractivity contribution is 6.30. The molecule has 0 spiro atoms. The molecule has 0 bridgehead atoms. The lowest BCUT2D eigenvalue weighted by molar-refractivity contribution is -0.121. The minimum absolute atomic E-state index is 0.0514. The molecular formula is C24H29ClN6O. The van der Waals surface area contributed by atoms with Crippen LogP contribution < -0.4 is 10.2 Å². The SMILES string of the molecule is CCc1c(C)nc(-n2ccnc2)nc1N1CCCCC1CC(=O)NCc1ccc(Cl)cc1. The topological polar surface area (TPSA) is 75.9 Å². The smallest absolute Gasteiger partial charge is 0.237 e. The number of hydrogen-bond donors (Lipinski definition) is 1. The summed E-state index contributed by atoms with van der Waals surface area (Å²) < 4.78 is 1.83. The molecule has 1 N–H and O–H groups in total. The maximum atomic E-state index is 12.8. The second-order valence-electron chi connectivity index (χ2n) is 8.19. The van der Waals surface area contributed by atoms with Crippen molar-refractivity contribution in [1.82, 2.24) is 24.8 Å². The minimum atomic E-state index is 0.0514. The molecule has 4 rings (SSSR count). The van der Waals surface area contributed by atoms with Gasteiger partial charge in [0.15, 0.2) is 0 Å². The van der Waals surface area contributed by atoms with E-state index in [4.69, 9.17) is 21.6 Å². The fourth-order valence-corrected chi connectivity index (χ4v) is 4.42. The average molecular weight is 453 g/mol. The molecule has 168 valence electrons. The zero-order chi connectivity index (χ0) is 22.5. The third-order valence-corrected chi connectivity index (χ3v) is 6.24. The van der Waals surface area contributed by atoms with Gasteiger partial charge in [-0.1, -0.05) is 30.7 Å². The Morgan fingerprint density at radius 1 is 1.22 bits per heavy atom. The first kappa shape index (κ1) is 22.3. The number of carbonyl (C=O) groups excluding carboxylic acids is 1. The van der Waals surface area contributed by atoms with Crippen LogP contribution in [0.3, 0.4) is 0 Å². The zero-order valence-electron chi connectivity index (χ0n) is 18.6. The van der Waals surface area contributed by atoms with Crippen LogP contribution in [-0.2, 0) is 17.8 Å². The number of piperidine rings is 1. The van der Waals surface area contributed by atoms with E-state index in [0.29, 0.717) is 23.9 Å². The van der Waals surface area contributed by atoms with Crippen LogP contribution in [-0.4, -0.2) is 38.0 Å². The Labute approximate surface area is 193 Å². The van der Waals surface area contributed by atoms with Crippen LogP contribution in [0.4, 0.5) is 5.82 Å². The van der Waals surface area contributed by atoms with Gasteiger partial charge >= 0.3 is 0 Å². The average Bonchev–Trinajstić information content (AvgIpc) is 3.34. The van der Waals surface area contributed by atoms with Gasteiger partial charge in [-0.15, -0.1) is 0 Å². The number of nitrogens with zero attached hydrogens (tertiary/aromatic N) is 5. The predicted molar refractivity (Wildman–Crippen MR) is 126 cm³/mol. The maximum absolute atomic E-state index is 12.8. The molecular weight excluding hydrogens is 424 g/mol. The molecule has 0 aliphatic carbocycles. The Morgan fingerprint density at radius 3 is 2.75 bits per heavy atom. The molecule has 1 fully saturated rings. The van der Waals surface area contributed by atoms with E-state index in [1.807, 2.05) is 42.0 Å². The van der Waals surface area contributed by atoms with Crippen molar-refractivity contribution in [1.29, 1.82) is 0 Å². The van der Waals surface area contributed by atoms with Crippen molar-refractivity contribution in [2.24, 2.45) is 0 Å². The lowest BCUT2D eigenvalue weighted by Crippen LogP contribution is -2.44. The van der Waals surface area contributed by atoms with Gasteiger partial charge in [0, 0.05) is 54.2 Å². The van der Waals surface area contributed by atoms with Crippen LogP contribution in [0.1, 0.15) is 49.4 Å². The normalized spacial score (nSPS) is 16.2. The number of aromatic nitrogens is 4. The Morgan fingerprint density at radius 2 is 2.03 bits per heavy atom. The number of hydrogen-bond acceptors (Lipinski definition) is 5. The number of anilines is 1. The first-order valence-electron chi connectivity index (χ1n) is 11.2. The van der Waals surface area contributed by atoms with Crippen LogP contribution >= 0.6 is 11.6 Å². The van der Waals surface area contributed by atoms with E-state index in [2.05, 4.69) is 22.1 Å². The van der Waals surface area contributed by atoms with E-state index in [0.717, 1.165) is 54.9 Å². The molecule has 3 heterocycles. The molecule has 1 aliphatic heterocycles. The summed E-state index contributed by atoms with van der Waals surface area (Å²) in [7, 11) is 0. The summed E-state index contributed by atoms with van der Waals surface area (Å²) in [5.41, 5.74) is 3.15. The molecule has 1 aromatic carbocycles. The van der Waals surface area contributed by atoms with Crippen molar-refractivity contribution in [3.05, 3.63) is 64.8 Å². The van der Waals surface area contributed by atoms with Gasteiger partial charge in [-0.05, 0) is 50.3 Å². The van der Waals surface area contributed by atoms with Gasteiger partial charge < -0.3 is 10.2 Å². The largest absolute Gasteiger partial charge is 0.353 e. The van der Waals surface area contributed by atoms with Crippen LogP contribution in [0.5, 0.6) is 0 Å². The monoisotopic (exact) mass is 452 g/mol. The van der Waals surface area contributed by atoms with Gasteiger partial charge in [-0.2, -0.15) is 4.98 Å². The Bertz CT molecular complexity index is 1050. The van der Waals surface area contributed by atoms with Gasteiger partial charge in [-0.25, -0.2) is 9.97 Å². The van der Waals surface area contributed by atoms with E-state index in [-0.39, 0.29) is 11.9 Å². The minimum Gasteiger partial charge on any atom is -0.353 e. The van der Waals surface area contributed by atoms with Crippen LogP contribution in [0.15, 0.2) is 43.0 Å². The van der Waals surface area contributed by atoms with Gasteiger partial charge in [0.1, 0.15) is 12.1 Å². The summed E-state index contributed by atoms with van der Waals surface area (Å²) in [6.07, 6.45) is 9.75. The number of rotatable bonds is 7. The van der Waals surface area contributed by atoms with E-state index in [1.165, 1.54) is 0 Å². The molecule has 32 heavy (non-hydrogen) atoms. The first-order valence-corrected chi connectivity index (χ1v) is 11.6. The standard InChI is InChI=1S/C24H29ClN6O/c1-3-21-17(2)28-24(30-13-11-26-16-30)29-23(21)31-12-5-4-6-20(31)14-22(32)27-15-18-7-9-19(25)10-8-18/h7-11,13,16,20H,3-6,12,14-15H2,1-2H3,(H,27,32). The molecule has 3 aromatic rings. The van der Waals surface area contributed by atoms with Crippen LogP contribution in [0.2, 0.25) is 5.02 Å². The highest BCUT2D eigenvalue weighted by Crippen LogP contribution is 2.30. The molecule has 1 atom stereocenters. The van der Waals surface area contributed by atoms with E-state index in [1.54, 1.807) is 12.5 Å². The van der Waals surface area contributed by atoms with Gasteiger partial charge in [-0.3, -0.25) is 9.36 Å².